The Morgan fingerprint density at radius 3 is 1.98 bits per heavy atom. The van der Waals surface area contributed by atoms with Gasteiger partial charge in [0.1, 0.15) is 0 Å². The van der Waals surface area contributed by atoms with Gasteiger partial charge in [-0.15, -0.1) is 24.8 Å². The van der Waals surface area contributed by atoms with E-state index in [1.54, 1.807) is 19.1 Å². The van der Waals surface area contributed by atoms with E-state index >= 15 is 0 Å². The van der Waals surface area contributed by atoms with Gasteiger partial charge >= 0.3 is 0 Å². The van der Waals surface area contributed by atoms with Crippen LogP contribution < -0.4 is 10.2 Å². The van der Waals surface area contributed by atoms with Crippen LogP contribution in [0.25, 0.3) is 0 Å². The van der Waals surface area contributed by atoms with Crippen molar-refractivity contribution >= 4 is 59.6 Å². The van der Waals surface area contributed by atoms with Crippen LogP contribution in [0, 0.1) is 0 Å². The average molecular weight is 612 g/mol. The molecule has 2 aliphatic heterocycles. The third-order valence-electron chi connectivity index (χ3n) is 7.66. The Bertz CT molecular complexity index is 1360. The van der Waals surface area contributed by atoms with E-state index in [0.29, 0.717) is 17.9 Å². The van der Waals surface area contributed by atoms with E-state index < -0.39 is 23.4 Å². The number of hydrogen-bond donors (Lipinski definition) is 1. The summed E-state index contributed by atoms with van der Waals surface area (Å²) in [4.78, 5) is 55.4. The van der Waals surface area contributed by atoms with Gasteiger partial charge in [-0.1, -0.05) is 67.6 Å². The summed E-state index contributed by atoms with van der Waals surface area (Å²) in [6.45, 7) is 6.61. The number of nitrogens with one attached hydrogen (secondary N) is 1. The molecule has 0 saturated carbocycles. The maximum Gasteiger partial charge on any atom is 0.299 e. The number of anilines is 2. The molecule has 222 valence electrons. The fourth-order valence-corrected chi connectivity index (χ4v) is 5.54. The van der Waals surface area contributed by atoms with Gasteiger partial charge in [0.2, 0.25) is 5.78 Å². The fourth-order valence-electron chi connectivity index (χ4n) is 5.54. The highest BCUT2D eigenvalue weighted by Gasteiger charge is 2.36. The number of nitrogens with zero attached hydrogens (tertiary/aromatic N) is 3. The van der Waals surface area contributed by atoms with Crippen LogP contribution >= 0.6 is 24.8 Å². The van der Waals surface area contributed by atoms with Gasteiger partial charge in [0.05, 0.1) is 17.3 Å². The molecule has 2 aliphatic rings. The van der Waals surface area contributed by atoms with Gasteiger partial charge in [0.25, 0.3) is 17.6 Å². The molecule has 1 saturated heterocycles. The lowest BCUT2D eigenvalue weighted by molar-refractivity contribution is -0.134. The van der Waals surface area contributed by atoms with Crippen LogP contribution in [0.1, 0.15) is 47.3 Å². The first-order valence-corrected chi connectivity index (χ1v) is 13.9. The summed E-state index contributed by atoms with van der Waals surface area (Å²) in [6, 6.07) is 26.2. The molecule has 0 aliphatic carbocycles. The molecule has 5 rings (SSSR count). The normalized spacial score (nSPS) is 15.1. The maximum atomic E-state index is 12.7. The lowest BCUT2D eigenvalue weighted by Gasteiger charge is -2.40. The Kier molecular flexibility index (Phi) is 11.8. The lowest BCUT2D eigenvalue weighted by Crippen LogP contribution is -2.48. The Morgan fingerprint density at radius 2 is 1.40 bits per heavy atom. The second-order valence-corrected chi connectivity index (χ2v) is 10.2. The Morgan fingerprint density at radius 1 is 0.810 bits per heavy atom. The molecule has 0 radical (unpaired) electrons. The van der Waals surface area contributed by atoms with Crippen molar-refractivity contribution in [3.63, 3.8) is 0 Å². The SMILES string of the molecule is CCC(=O)C(=O)Nc1ccc2c(c1)C(=O)C(=O)N2CCCN1CCN(C(c2ccccc2)c2ccccc2)CC1.Cl.Cl. The molecule has 0 unspecified atom stereocenters. The first-order chi connectivity index (χ1) is 19.5. The fraction of sp³-hybridized carbons (Fsp3) is 0.312. The molecule has 0 bridgehead atoms. The summed E-state index contributed by atoms with van der Waals surface area (Å²) in [6.07, 6.45) is 0.834. The molecule has 0 aromatic heterocycles. The first-order valence-electron chi connectivity index (χ1n) is 13.9. The van der Waals surface area contributed by atoms with Crippen molar-refractivity contribution in [1.82, 2.24) is 9.80 Å². The van der Waals surface area contributed by atoms with E-state index in [9.17, 15) is 19.2 Å². The van der Waals surface area contributed by atoms with Crippen molar-refractivity contribution in [2.45, 2.75) is 25.8 Å². The Balaban J connectivity index is 0.00000242. The topological polar surface area (TPSA) is 90.0 Å². The number of carbonyl (C=O) groups excluding carboxylic acids is 4. The Hall–Kier alpha value is -3.56. The summed E-state index contributed by atoms with van der Waals surface area (Å²) in [7, 11) is 0. The molecular formula is C32H36Cl2N4O4. The van der Waals surface area contributed by atoms with Crippen LogP contribution in [-0.4, -0.2) is 72.4 Å². The van der Waals surface area contributed by atoms with Gasteiger partial charge in [0.15, 0.2) is 0 Å². The molecule has 2 heterocycles. The molecule has 2 amide bonds. The zero-order chi connectivity index (χ0) is 28.1. The number of benzene rings is 3. The smallest absolute Gasteiger partial charge is 0.299 e. The molecule has 3 aromatic rings. The van der Waals surface area contributed by atoms with Crippen molar-refractivity contribution in [3.05, 3.63) is 95.6 Å². The zero-order valence-electron chi connectivity index (χ0n) is 23.5. The largest absolute Gasteiger partial charge is 0.319 e. The highest BCUT2D eigenvalue weighted by Crippen LogP contribution is 2.32. The van der Waals surface area contributed by atoms with Crippen molar-refractivity contribution in [3.8, 4) is 0 Å². The minimum absolute atomic E-state index is 0. The maximum absolute atomic E-state index is 12.7. The second-order valence-electron chi connectivity index (χ2n) is 10.2. The quantitative estimate of drug-likeness (QED) is 0.332. The van der Waals surface area contributed by atoms with Crippen LogP contribution in [0.15, 0.2) is 78.9 Å². The standard InChI is InChI=1S/C32H34N4O4.2ClH/c1-2-28(37)31(39)33-25-14-15-27-26(22-25)30(38)32(40)36(27)17-9-16-34-18-20-35(21-19-34)29(23-10-5-3-6-11-23)24-12-7-4-8-13-24;;/h3-8,10-15,22,29H,2,9,16-21H2,1H3,(H,33,39);2*1H. The van der Waals surface area contributed by atoms with E-state index in [4.69, 9.17) is 0 Å². The third-order valence-corrected chi connectivity index (χ3v) is 7.66. The van der Waals surface area contributed by atoms with E-state index in [-0.39, 0.29) is 42.8 Å². The van der Waals surface area contributed by atoms with Gasteiger partial charge in [-0.3, -0.25) is 24.1 Å². The van der Waals surface area contributed by atoms with Gasteiger partial charge in [-0.25, -0.2) is 0 Å². The minimum atomic E-state index is -0.727. The molecule has 1 fully saturated rings. The highest BCUT2D eigenvalue weighted by atomic mass is 35.5. The summed E-state index contributed by atoms with van der Waals surface area (Å²) in [5.41, 5.74) is 3.72. The number of hydrogen-bond acceptors (Lipinski definition) is 6. The molecule has 3 aromatic carbocycles. The van der Waals surface area contributed by atoms with E-state index in [2.05, 4.69) is 63.6 Å². The summed E-state index contributed by atoms with van der Waals surface area (Å²) in [5, 5.41) is 2.51. The molecule has 42 heavy (non-hydrogen) atoms. The van der Waals surface area contributed by atoms with E-state index in [0.717, 1.165) is 39.1 Å². The number of piperazine rings is 1. The second kappa shape index (κ2) is 15.1. The summed E-state index contributed by atoms with van der Waals surface area (Å²) in [5.74, 6) is -2.41. The van der Waals surface area contributed by atoms with Crippen molar-refractivity contribution in [2.75, 3.05) is 49.5 Å². The van der Waals surface area contributed by atoms with Gasteiger partial charge in [-0.05, 0) is 42.3 Å². The van der Waals surface area contributed by atoms with Crippen molar-refractivity contribution < 1.29 is 19.2 Å². The van der Waals surface area contributed by atoms with Crippen LogP contribution in [0.4, 0.5) is 11.4 Å². The van der Waals surface area contributed by atoms with Crippen molar-refractivity contribution in [2.24, 2.45) is 0 Å². The number of fused-ring (bicyclic) bond motifs is 1. The van der Waals surface area contributed by atoms with Crippen LogP contribution in [0.5, 0.6) is 0 Å². The van der Waals surface area contributed by atoms with Gasteiger partial charge in [-0.2, -0.15) is 0 Å². The summed E-state index contributed by atoms with van der Waals surface area (Å²) < 4.78 is 0. The molecule has 8 nitrogen and oxygen atoms in total. The van der Waals surface area contributed by atoms with Crippen molar-refractivity contribution in [1.29, 1.82) is 0 Å². The molecule has 10 heteroatoms. The molecule has 1 N–H and O–H groups in total. The number of ketones is 2. The van der Waals surface area contributed by atoms with Gasteiger partial charge in [0, 0.05) is 44.8 Å². The lowest BCUT2D eigenvalue weighted by atomic mass is 9.96. The molecular weight excluding hydrogens is 575 g/mol. The average Bonchev–Trinajstić information content (AvgIpc) is 3.23. The van der Waals surface area contributed by atoms with Crippen LogP contribution in [-0.2, 0) is 14.4 Å². The molecule has 0 spiro atoms. The number of amides is 2. The highest BCUT2D eigenvalue weighted by molar-refractivity contribution is 6.52. The number of Topliss-reactive ketones (excluding diaryl/α,β-unsaturated/α-hetero) is 2. The summed E-state index contributed by atoms with van der Waals surface area (Å²) >= 11 is 0. The number of halogens is 2. The minimum Gasteiger partial charge on any atom is -0.319 e. The predicted octanol–water partition coefficient (Wildman–Crippen LogP) is 4.77. The van der Waals surface area contributed by atoms with E-state index in [1.165, 1.54) is 22.1 Å². The monoisotopic (exact) mass is 610 g/mol. The van der Waals surface area contributed by atoms with E-state index in [1.807, 2.05) is 12.1 Å². The number of carbonyl (C=O) groups is 4. The zero-order valence-corrected chi connectivity index (χ0v) is 25.2. The van der Waals surface area contributed by atoms with Gasteiger partial charge < -0.3 is 15.1 Å². The molecule has 0 atom stereocenters. The van der Waals surface area contributed by atoms with Crippen LogP contribution in [0.2, 0.25) is 0 Å². The predicted molar refractivity (Wildman–Crippen MR) is 169 cm³/mol. The third kappa shape index (κ3) is 7.25. The Labute approximate surface area is 258 Å². The first kappa shape index (κ1) is 32.9. The number of rotatable bonds is 10. The van der Waals surface area contributed by atoms with Crippen LogP contribution in [0.3, 0.4) is 0 Å².